The van der Waals surface area contributed by atoms with Gasteiger partial charge in [-0.2, -0.15) is 0 Å². The Kier molecular flexibility index (Phi) is 20.2. The van der Waals surface area contributed by atoms with Crippen molar-refractivity contribution in [3.63, 3.8) is 0 Å². The molecule has 0 radical (unpaired) electrons. The zero-order valence-corrected chi connectivity index (χ0v) is 37.8. The molecule has 0 bridgehead atoms. The van der Waals surface area contributed by atoms with Crippen LogP contribution < -0.4 is 10.6 Å². The Morgan fingerprint density at radius 1 is 0.867 bits per heavy atom. The van der Waals surface area contributed by atoms with Crippen LogP contribution in [0.4, 0.5) is 0 Å². The lowest BCUT2D eigenvalue weighted by Crippen LogP contribution is -2.58. The molecule has 0 spiro atoms. The van der Waals surface area contributed by atoms with Crippen LogP contribution in [0.2, 0.25) is 0 Å². The summed E-state index contributed by atoms with van der Waals surface area (Å²) in [7, 11) is 4.31. The zero-order chi connectivity index (χ0) is 45.6. The number of allylic oxidation sites excluding steroid dienone is 1. The number of benzene rings is 1. The number of likely N-dealkylation sites (N-methyl/N-ethyl adjacent to an activating group) is 3. The molecular formula is C45H69N5O10. The summed E-state index contributed by atoms with van der Waals surface area (Å²) < 4.78 is 11.7. The van der Waals surface area contributed by atoms with Gasteiger partial charge in [-0.3, -0.25) is 24.0 Å². The van der Waals surface area contributed by atoms with E-state index >= 15 is 0 Å². The SMILES string of the molecule is C/C=C(\C)[C@@H]1OC(=O)[C@H](C)N(C)C(=O)[C@H]([C@H](C)CC)NC(=O)CN(C)C(=O)[C@@H](Cc2ccccc2)N(C)C(=O)[C@H](C)NC(=O)[C@@H]([C@@H](C)CC)OC(=O)/C(C)=C\C[C@H](O)[C@@H]1C. The van der Waals surface area contributed by atoms with Crippen molar-refractivity contribution in [2.75, 3.05) is 27.7 Å². The largest absolute Gasteiger partial charge is 0.456 e. The summed E-state index contributed by atoms with van der Waals surface area (Å²) in [6.45, 7) is 16.5. The molecule has 15 heteroatoms. The molecule has 0 aromatic heterocycles. The highest BCUT2D eigenvalue weighted by Gasteiger charge is 2.38. The fourth-order valence-electron chi connectivity index (χ4n) is 6.71. The normalized spacial score (nSPS) is 29.2. The Labute approximate surface area is 356 Å². The van der Waals surface area contributed by atoms with Crippen LogP contribution in [-0.2, 0) is 49.5 Å². The number of aliphatic hydroxyl groups is 1. The van der Waals surface area contributed by atoms with E-state index < -0.39 is 102 Å². The van der Waals surface area contributed by atoms with E-state index in [-0.39, 0.29) is 24.3 Å². The van der Waals surface area contributed by atoms with E-state index in [1.165, 1.54) is 62.7 Å². The molecule has 0 aliphatic carbocycles. The number of aliphatic hydroxyl groups excluding tert-OH is 1. The van der Waals surface area contributed by atoms with Crippen molar-refractivity contribution in [3.8, 4) is 0 Å². The number of carbonyl (C=O) groups is 7. The van der Waals surface area contributed by atoms with Gasteiger partial charge in [-0.15, -0.1) is 0 Å². The van der Waals surface area contributed by atoms with E-state index in [0.717, 1.165) is 5.56 Å². The second-order valence-electron chi connectivity index (χ2n) is 16.3. The van der Waals surface area contributed by atoms with Crippen LogP contribution in [0, 0.1) is 17.8 Å². The van der Waals surface area contributed by atoms with E-state index in [9.17, 15) is 38.7 Å². The van der Waals surface area contributed by atoms with Gasteiger partial charge in [0, 0.05) is 45.0 Å². The summed E-state index contributed by atoms with van der Waals surface area (Å²) >= 11 is 0. The molecule has 60 heavy (non-hydrogen) atoms. The molecule has 0 unspecified atom stereocenters. The predicted molar refractivity (Wildman–Crippen MR) is 228 cm³/mol. The number of nitrogens with one attached hydrogen (secondary N) is 2. The van der Waals surface area contributed by atoms with Gasteiger partial charge in [-0.05, 0) is 64.5 Å². The monoisotopic (exact) mass is 840 g/mol. The number of ether oxygens (including phenoxy) is 2. The smallest absolute Gasteiger partial charge is 0.334 e. The van der Waals surface area contributed by atoms with Gasteiger partial charge < -0.3 is 39.9 Å². The van der Waals surface area contributed by atoms with Gasteiger partial charge in [-0.1, -0.05) is 83.5 Å². The number of hydrogen-bond acceptors (Lipinski definition) is 10. The quantitative estimate of drug-likeness (QED) is 0.270. The number of nitrogens with zero attached hydrogens (tertiary/aromatic N) is 3. The predicted octanol–water partition coefficient (Wildman–Crippen LogP) is 3.58. The Hall–Kier alpha value is -5.05. The molecule has 0 fully saturated rings. The fourth-order valence-corrected chi connectivity index (χ4v) is 6.71. The minimum atomic E-state index is -1.27. The summed E-state index contributed by atoms with van der Waals surface area (Å²) in [4.78, 5) is 100. The topological polar surface area (TPSA) is 192 Å². The molecule has 10 atom stereocenters. The van der Waals surface area contributed by atoms with Crippen molar-refractivity contribution in [2.45, 2.75) is 137 Å². The highest BCUT2D eigenvalue weighted by Crippen LogP contribution is 2.25. The molecule has 1 aliphatic heterocycles. The molecule has 1 aliphatic rings. The fraction of sp³-hybridized carbons (Fsp3) is 0.622. The molecule has 3 N–H and O–H groups in total. The lowest BCUT2D eigenvalue weighted by molar-refractivity contribution is -0.160. The minimum absolute atomic E-state index is 0.0203. The number of esters is 2. The van der Waals surface area contributed by atoms with Crippen molar-refractivity contribution < 1.29 is 48.1 Å². The van der Waals surface area contributed by atoms with Crippen LogP contribution in [0.5, 0.6) is 0 Å². The van der Waals surface area contributed by atoms with Crippen LogP contribution >= 0.6 is 0 Å². The molecule has 15 nitrogen and oxygen atoms in total. The Morgan fingerprint density at radius 2 is 1.47 bits per heavy atom. The second-order valence-corrected chi connectivity index (χ2v) is 16.3. The summed E-state index contributed by atoms with van der Waals surface area (Å²) in [5, 5.41) is 16.7. The van der Waals surface area contributed by atoms with Crippen LogP contribution in [0.3, 0.4) is 0 Å². The third-order valence-corrected chi connectivity index (χ3v) is 11.8. The van der Waals surface area contributed by atoms with Gasteiger partial charge in [0.1, 0.15) is 30.3 Å². The summed E-state index contributed by atoms with van der Waals surface area (Å²) in [6.07, 6.45) is 1.02. The molecular weight excluding hydrogens is 771 g/mol. The van der Waals surface area contributed by atoms with Crippen LogP contribution in [0.1, 0.15) is 94.1 Å². The van der Waals surface area contributed by atoms with E-state index in [1.807, 2.05) is 19.9 Å². The number of rotatable bonds is 7. The maximum absolute atomic E-state index is 14.2. The van der Waals surface area contributed by atoms with E-state index in [2.05, 4.69) is 10.6 Å². The van der Waals surface area contributed by atoms with Crippen molar-refractivity contribution in [1.29, 1.82) is 0 Å². The summed E-state index contributed by atoms with van der Waals surface area (Å²) in [5.74, 6) is -6.05. The van der Waals surface area contributed by atoms with Crippen molar-refractivity contribution in [2.24, 2.45) is 17.8 Å². The Balaban J connectivity index is 2.67. The first kappa shape index (κ1) is 51.1. The van der Waals surface area contributed by atoms with Gasteiger partial charge in [-0.25, -0.2) is 9.59 Å². The van der Waals surface area contributed by atoms with Crippen molar-refractivity contribution >= 4 is 41.5 Å². The van der Waals surface area contributed by atoms with Gasteiger partial charge in [0.2, 0.25) is 23.6 Å². The van der Waals surface area contributed by atoms with Gasteiger partial charge in [0.15, 0.2) is 6.10 Å². The third kappa shape index (κ3) is 13.7. The van der Waals surface area contributed by atoms with E-state index in [1.54, 1.807) is 65.0 Å². The first-order valence-electron chi connectivity index (χ1n) is 20.9. The summed E-state index contributed by atoms with van der Waals surface area (Å²) in [5.41, 5.74) is 1.52. The molecule has 0 saturated heterocycles. The van der Waals surface area contributed by atoms with E-state index in [4.69, 9.17) is 9.47 Å². The second kappa shape index (κ2) is 23.7. The lowest BCUT2D eigenvalue weighted by atomic mass is 9.90. The standard InChI is InChI=1S/C45H69N5O10/c1-14-26(4)37-43(56)49(12)32(10)45(58)59-38(27(5)15-2)30(8)35(51)23-22-29(7)44(57)60-39(28(6)16-3)40(53)46-31(9)41(54)50(13)34(24-33-20-18-17-19-21-33)42(55)48(11)25-36(52)47-37/h15,17-22,26,28,30-32,34-35,37-39,51H,14,16,23-25H2,1-13H3,(H,46,53)(H,47,52)/b27-15+,29-22-/t26-,28+,30+,31+,32+,34-,35+,37+,38+,39-/m1/s1. The maximum Gasteiger partial charge on any atom is 0.334 e. The molecule has 334 valence electrons. The van der Waals surface area contributed by atoms with Crippen molar-refractivity contribution in [3.05, 3.63) is 59.2 Å². The zero-order valence-electron chi connectivity index (χ0n) is 37.8. The van der Waals surface area contributed by atoms with Crippen LogP contribution in [-0.4, -0.2) is 131 Å². The highest BCUT2D eigenvalue weighted by molar-refractivity contribution is 5.96. The van der Waals surface area contributed by atoms with Gasteiger partial charge >= 0.3 is 11.9 Å². The molecule has 5 amide bonds. The van der Waals surface area contributed by atoms with Gasteiger partial charge in [0.25, 0.3) is 5.91 Å². The average Bonchev–Trinajstić information content (AvgIpc) is 3.24. The number of amides is 5. The molecule has 1 aromatic rings. The Bertz CT molecular complexity index is 1730. The third-order valence-electron chi connectivity index (χ3n) is 11.8. The number of hydrogen-bond donors (Lipinski definition) is 3. The first-order chi connectivity index (χ1) is 28.1. The minimum Gasteiger partial charge on any atom is -0.456 e. The first-order valence-corrected chi connectivity index (χ1v) is 20.9. The molecule has 1 aromatic carbocycles. The van der Waals surface area contributed by atoms with Gasteiger partial charge in [0.05, 0.1) is 12.6 Å². The summed E-state index contributed by atoms with van der Waals surface area (Å²) in [6, 6.07) is 4.61. The van der Waals surface area contributed by atoms with Crippen LogP contribution in [0.15, 0.2) is 53.6 Å². The maximum atomic E-state index is 14.2. The number of carbonyl (C=O) groups excluding carboxylic acids is 7. The molecule has 1 heterocycles. The van der Waals surface area contributed by atoms with Crippen molar-refractivity contribution in [1.82, 2.24) is 25.3 Å². The Morgan fingerprint density at radius 3 is 2.03 bits per heavy atom. The van der Waals surface area contributed by atoms with Crippen LogP contribution in [0.25, 0.3) is 0 Å². The average molecular weight is 840 g/mol. The molecule has 0 saturated carbocycles. The highest BCUT2D eigenvalue weighted by atomic mass is 16.6. The van der Waals surface area contributed by atoms with E-state index in [0.29, 0.717) is 18.4 Å². The number of cyclic esters (lactones) is 2. The molecule has 2 rings (SSSR count). The lowest BCUT2D eigenvalue weighted by Gasteiger charge is -2.34.